The molecule has 0 radical (unpaired) electrons. The van der Waals surface area contributed by atoms with Crippen LogP contribution >= 0.6 is 0 Å². The lowest BCUT2D eigenvalue weighted by molar-refractivity contribution is 0.0109. The van der Waals surface area contributed by atoms with Gasteiger partial charge in [0.25, 0.3) is 0 Å². The van der Waals surface area contributed by atoms with Crippen LogP contribution < -0.4 is 5.73 Å². The van der Waals surface area contributed by atoms with Gasteiger partial charge in [0.2, 0.25) is 0 Å². The molecule has 4 heteroatoms. The van der Waals surface area contributed by atoms with E-state index in [1.165, 1.54) is 0 Å². The molecular weight excluding hydrogens is 290 g/mol. The summed E-state index contributed by atoms with van der Waals surface area (Å²) in [5.41, 5.74) is 4.67. The van der Waals surface area contributed by atoms with E-state index in [9.17, 15) is 10.2 Å². The SMILES string of the molecule is Nc1ccc([C@@]23CC[C@]4(O)C#C/C=C/C#C[C@H](O)[C@]2(C4)O3)cc1. The Morgan fingerprint density at radius 1 is 1.13 bits per heavy atom. The molecular formula is C19H17NO3. The Hall–Kier alpha value is -2.24. The van der Waals surface area contributed by atoms with Crippen molar-refractivity contribution in [2.45, 2.75) is 42.2 Å². The van der Waals surface area contributed by atoms with Crippen LogP contribution in [0.1, 0.15) is 24.8 Å². The van der Waals surface area contributed by atoms with Gasteiger partial charge in [0.1, 0.15) is 22.9 Å². The molecule has 2 fully saturated rings. The Kier molecular flexibility index (Phi) is 2.89. The summed E-state index contributed by atoms with van der Waals surface area (Å²) in [7, 11) is 0. The second kappa shape index (κ2) is 4.63. The molecule has 4 N–H and O–H groups in total. The number of aliphatic hydroxyl groups excluding tert-OH is 1. The van der Waals surface area contributed by atoms with Crippen molar-refractivity contribution in [1.29, 1.82) is 0 Å². The average Bonchev–Trinajstić information content (AvgIpc) is 3.21. The van der Waals surface area contributed by atoms with Crippen molar-refractivity contribution in [2.75, 3.05) is 5.73 Å². The van der Waals surface area contributed by atoms with Gasteiger partial charge in [-0.25, -0.2) is 0 Å². The molecule has 0 aromatic heterocycles. The van der Waals surface area contributed by atoms with Crippen LogP contribution in [0.25, 0.3) is 0 Å². The molecule has 1 spiro atoms. The van der Waals surface area contributed by atoms with Crippen LogP contribution in [-0.4, -0.2) is 27.5 Å². The van der Waals surface area contributed by atoms with Crippen molar-refractivity contribution >= 4 is 5.69 Å². The molecule has 1 saturated carbocycles. The summed E-state index contributed by atoms with van der Waals surface area (Å²) in [6.45, 7) is 0. The fourth-order valence-electron chi connectivity index (χ4n) is 3.82. The van der Waals surface area contributed by atoms with Gasteiger partial charge in [0.05, 0.1) is 0 Å². The average molecular weight is 307 g/mol. The van der Waals surface area contributed by atoms with Gasteiger partial charge in [-0.1, -0.05) is 35.8 Å². The van der Waals surface area contributed by atoms with E-state index in [1.54, 1.807) is 12.2 Å². The van der Waals surface area contributed by atoms with Crippen LogP contribution in [0.3, 0.4) is 0 Å². The fourth-order valence-corrected chi connectivity index (χ4v) is 3.82. The molecule has 23 heavy (non-hydrogen) atoms. The maximum absolute atomic E-state index is 10.8. The van der Waals surface area contributed by atoms with Crippen molar-refractivity contribution in [3.63, 3.8) is 0 Å². The minimum Gasteiger partial charge on any atom is -0.399 e. The van der Waals surface area contributed by atoms with Crippen molar-refractivity contribution in [2.24, 2.45) is 0 Å². The molecule has 0 unspecified atom stereocenters. The maximum atomic E-state index is 10.8. The number of nitrogen functional groups attached to an aromatic ring is 1. The lowest BCUT2D eigenvalue weighted by Gasteiger charge is -2.35. The monoisotopic (exact) mass is 307 g/mol. The van der Waals surface area contributed by atoms with Gasteiger partial charge in [-0.15, -0.1) is 0 Å². The maximum Gasteiger partial charge on any atom is 0.147 e. The van der Waals surface area contributed by atoms with Crippen molar-refractivity contribution in [3.8, 4) is 23.7 Å². The number of ether oxygens (including phenoxy) is 1. The van der Waals surface area contributed by atoms with Crippen LogP contribution in [0.4, 0.5) is 5.69 Å². The number of fused-ring (bicyclic) bond motifs is 1. The molecule has 2 aliphatic carbocycles. The van der Waals surface area contributed by atoms with Gasteiger partial charge in [-0.3, -0.25) is 0 Å². The zero-order valence-electron chi connectivity index (χ0n) is 12.5. The minimum atomic E-state index is -1.17. The van der Waals surface area contributed by atoms with E-state index in [2.05, 4.69) is 23.7 Å². The number of epoxide rings is 1. The molecule has 0 amide bonds. The van der Waals surface area contributed by atoms with Gasteiger partial charge in [-0.05, 0) is 42.7 Å². The summed E-state index contributed by atoms with van der Waals surface area (Å²) >= 11 is 0. The van der Waals surface area contributed by atoms with E-state index in [-0.39, 0.29) is 6.42 Å². The number of aliphatic hydroxyl groups is 2. The predicted octanol–water partition coefficient (Wildman–Crippen LogP) is 1.09. The van der Waals surface area contributed by atoms with Crippen LogP contribution in [0.2, 0.25) is 0 Å². The number of benzene rings is 1. The van der Waals surface area contributed by atoms with Gasteiger partial charge in [-0.2, -0.15) is 0 Å². The largest absolute Gasteiger partial charge is 0.399 e. The normalized spacial score (nSPS) is 41.4. The second-order valence-electron chi connectivity index (χ2n) is 6.44. The Balaban J connectivity index is 1.81. The summed E-state index contributed by atoms with van der Waals surface area (Å²) in [5, 5.41) is 21.4. The molecule has 1 heterocycles. The van der Waals surface area contributed by atoms with E-state index in [0.29, 0.717) is 18.5 Å². The Bertz CT molecular complexity index is 803. The first-order valence-corrected chi connectivity index (χ1v) is 7.65. The van der Waals surface area contributed by atoms with E-state index >= 15 is 0 Å². The second-order valence-corrected chi connectivity index (χ2v) is 6.44. The molecule has 1 aromatic carbocycles. The highest BCUT2D eigenvalue weighted by Crippen LogP contribution is 2.67. The molecule has 116 valence electrons. The van der Waals surface area contributed by atoms with Crippen molar-refractivity contribution in [1.82, 2.24) is 0 Å². The number of rotatable bonds is 1. The van der Waals surface area contributed by atoms with Crippen LogP contribution in [-0.2, 0) is 10.3 Å². The molecule has 2 bridgehead atoms. The number of anilines is 1. The third-order valence-electron chi connectivity index (χ3n) is 5.04. The van der Waals surface area contributed by atoms with Gasteiger partial charge >= 0.3 is 0 Å². The molecule has 4 atom stereocenters. The minimum absolute atomic E-state index is 0.237. The highest BCUT2D eigenvalue weighted by Gasteiger charge is 2.77. The smallest absolute Gasteiger partial charge is 0.147 e. The summed E-state index contributed by atoms with van der Waals surface area (Å²) < 4.78 is 6.11. The zero-order chi connectivity index (χ0) is 16.1. The van der Waals surface area contributed by atoms with Crippen LogP contribution in [0.15, 0.2) is 36.4 Å². The van der Waals surface area contributed by atoms with Gasteiger partial charge in [0, 0.05) is 12.1 Å². The lowest BCUT2D eigenvalue weighted by Crippen LogP contribution is -2.48. The zero-order valence-corrected chi connectivity index (χ0v) is 12.5. The Morgan fingerprint density at radius 2 is 1.87 bits per heavy atom. The first-order valence-electron chi connectivity index (χ1n) is 7.65. The number of hydrogen-bond donors (Lipinski definition) is 3. The molecule has 1 aliphatic heterocycles. The molecule has 4 nitrogen and oxygen atoms in total. The van der Waals surface area contributed by atoms with Crippen molar-refractivity contribution in [3.05, 3.63) is 42.0 Å². The summed E-state index contributed by atoms with van der Waals surface area (Å²) in [6.07, 6.45) is 3.47. The van der Waals surface area contributed by atoms with Crippen molar-refractivity contribution < 1.29 is 14.9 Å². The first-order chi connectivity index (χ1) is 11.0. The lowest BCUT2D eigenvalue weighted by atomic mass is 9.67. The van der Waals surface area contributed by atoms with E-state index in [0.717, 1.165) is 5.56 Å². The summed E-state index contributed by atoms with van der Waals surface area (Å²) in [6, 6.07) is 7.47. The summed E-state index contributed by atoms with van der Waals surface area (Å²) in [4.78, 5) is 0. The number of allylic oxidation sites excluding steroid dienone is 2. The highest BCUT2D eigenvalue weighted by atomic mass is 16.6. The molecule has 3 aliphatic rings. The quantitative estimate of drug-likeness (QED) is 0.412. The number of hydrogen-bond acceptors (Lipinski definition) is 4. The Labute approximate surface area is 135 Å². The summed E-state index contributed by atoms with van der Waals surface area (Å²) in [5.74, 6) is 11.3. The van der Waals surface area contributed by atoms with E-state index in [4.69, 9.17) is 10.5 Å². The standard InChI is InChI=1S/C19H17NO3/c20-15-8-6-14(7-9-15)18-12-11-17(22)10-4-2-1-3-5-16(21)19(18,13-17)23-18/h1-2,6-9,16,21-22H,11-13,20H2/b2-1+/t16-,17+,18-,19-/m0/s1. The molecule has 1 aromatic rings. The third kappa shape index (κ3) is 2.00. The van der Waals surface area contributed by atoms with Crippen LogP contribution in [0.5, 0.6) is 0 Å². The van der Waals surface area contributed by atoms with E-state index < -0.39 is 22.9 Å². The number of nitrogens with two attached hydrogens (primary N) is 1. The Morgan fingerprint density at radius 3 is 2.65 bits per heavy atom. The van der Waals surface area contributed by atoms with Gasteiger partial charge < -0.3 is 20.7 Å². The molecule has 4 rings (SSSR count). The fraction of sp³-hybridized carbons (Fsp3) is 0.368. The first kappa shape index (κ1) is 14.4. The third-order valence-corrected chi connectivity index (χ3v) is 5.04. The van der Waals surface area contributed by atoms with Crippen LogP contribution in [0, 0.1) is 23.7 Å². The predicted molar refractivity (Wildman–Crippen MR) is 85.8 cm³/mol. The highest BCUT2D eigenvalue weighted by molar-refractivity contribution is 5.47. The topological polar surface area (TPSA) is 79.0 Å². The molecule has 1 saturated heterocycles. The van der Waals surface area contributed by atoms with Gasteiger partial charge in [0.15, 0.2) is 0 Å². The van der Waals surface area contributed by atoms with E-state index in [1.807, 2.05) is 24.3 Å².